The second-order valence-electron chi connectivity index (χ2n) is 6.95. The van der Waals surface area contributed by atoms with Crippen molar-refractivity contribution in [2.75, 3.05) is 7.11 Å². The van der Waals surface area contributed by atoms with Crippen LogP contribution in [0.4, 0.5) is 0 Å². The fourth-order valence-electron chi connectivity index (χ4n) is 4.06. The van der Waals surface area contributed by atoms with Crippen LogP contribution >= 0.6 is 0 Å². The number of para-hydroxylation sites is 1. The maximum absolute atomic E-state index is 12.3. The largest absolute Gasteiger partial charge is 0.501 e. The number of hydrogen-bond donors (Lipinski definition) is 4. The first kappa shape index (κ1) is 16.7. The SMILES string of the molecule is COC(=O)[C@H]1Cc2c([nH]c3ccccc23)[C@@H](c2ccc3oc(O)c(O)c3c2)N1. The van der Waals surface area contributed by atoms with Crippen molar-refractivity contribution in [2.24, 2.45) is 0 Å². The molecule has 2 aromatic heterocycles. The molecule has 1 aliphatic heterocycles. The van der Waals surface area contributed by atoms with Gasteiger partial charge < -0.3 is 24.4 Å². The minimum Gasteiger partial charge on any atom is -0.501 e. The number of nitrogens with one attached hydrogen (secondary N) is 2. The van der Waals surface area contributed by atoms with Crippen LogP contribution in [-0.2, 0) is 16.0 Å². The van der Waals surface area contributed by atoms with Crippen molar-refractivity contribution < 1.29 is 24.2 Å². The number of benzene rings is 2. The molecule has 0 bridgehead atoms. The smallest absolute Gasteiger partial charge is 0.327 e. The third kappa shape index (κ3) is 2.36. The highest BCUT2D eigenvalue weighted by molar-refractivity contribution is 5.89. The Morgan fingerprint density at radius 1 is 1.18 bits per heavy atom. The number of hydrogen-bond acceptors (Lipinski definition) is 6. The summed E-state index contributed by atoms with van der Waals surface area (Å²) in [6.45, 7) is 0. The standard InChI is InChI=1S/C21H18N2O5/c1-27-20(25)15-9-12-11-4-2-3-5-14(11)22-18(12)17(23-15)10-6-7-16-13(8-10)19(24)21(26)28-16/h2-8,15,17,22-24,26H,9H2,1H3/t15-,17-/m1/s1. The van der Waals surface area contributed by atoms with Crippen molar-refractivity contribution in [1.29, 1.82) is 0 Å². The Morgan fingerprint density at radius 3 is 2.82 bits per heavy atom. The monoisotopic (exact) mass is 378 g/mol. The lowest BCUT2D eigenvalue weighted by molar-refractivity contribution is -0.143. The molecular weight excluding hydrogens is 360 g/mol. The van der Waals surface area contributed by atoms with Crippen LogP contribution in [0.5, 0.6) is 11.7 Å². The van der Waals surface area contributed by atoms with Crippen molar-refractivity contribution >= 4 is 27.8 Å². The second-order valence-corrected chi connectivity index (χ2v) is 6.95. The lowest BCUT2D eigenvalue weighted by atomic mass is 9.90. The molecular formula is C21H18N2O5. The van der Waals surface area contributed by atoms with Gasteiger partial charge in [0.05, 0.1) is 18.5 Å². The average molecular weight is 378 g/mol. The Bertz CT molecular complexity index is 1220. The zero-order valence-electron chi connectivity index (χ0n) is 15.0. The summed E-state index contributed by atoms with van der Waals surface area (Å²) in [6.07, 6.45) is 0.516. The number of H-pyrrole nitrogens is 1. The molecule has 0 unspecified atom stereocenters. The van der Waals surface area contributed by atoms with Gasteiger partial charge in [-0.25, -0.2) is 0 Å². The normalized spacial score (nSPS) is 19.0. The van der Waals surface area contributed by atoms with E-state index in [4.69, 9.17) is 9.15 Å². The third-order valence-electron chi connectivity index (χ3n) is 5.40. The Morgan fingerprint density at radius 2 is 2.00 bits per heavy atom. The van der Waals surface area contributed by atoms with Crippen molar-refractivity contribution in [2.45, 2.75) is 18.5 Å². The number of aromatic hydroxyl groups is 2. The number of carbonyl (C=O) groups is 1. The molecule has 142 valence electrons. The van der Waals surface area contributed by atoms with Crippen molar-refractivity contribution in [1.82, 2.24) is 10.3 Å². The van der Waals surface area contributed by atoms with Gasteiger partial charge in [0.1, 0.15) is 11.6 Å². The van der Waals surface area contributed by atoms with Gasteiger partial charge in [-0.1, -0.05) is 24.3 Å². The number of rotatable bonds is 2. The number of fused-ring (bicyclic) bond motifs is 4. The third-order valence-corrected chi connectivity index (χ3v) is 5.40. The summed E-state index contributed by atoms with van der Waals surface area (Å²) >= 11 is 0. The fourth-order valence-corrected chi connectivity index (χ4v) is 4.06. The van der Waals surface area contributed by atoms with Gasteiger partial charge >= 0.3 is 11.9 Å². The van der Waals surface area contributed by atoms with E-state index in [1.165, 1.54) is 7.11 Å². The quantitative estimate of drug-likeness (QED) is 0.399. The van der Waals surface area contributed by atoms with Crippen LogP contribution < -0.4 is 5.32 Å². The van der Waals surface area contributed by atoms with Gasteiger partial charge in [-0.15, -0.1) is 0 Å². The van der Waals surface area contributed by atoms with E-state index in [2.05, 4.69) is 10.3 Å². The summed E-state index contributed by atoms with van der Waals surface area (Å²) in [5.74, 6) is -1.14. The van der Waals surface area contributed by atoms with Crippen LogP contribution in [0.25, 0.3) is 21.9 Å². The van der Waals surface area contributed by atoms with Gasteiger partial charge in [-0.3, -0.25) is 10.1 Å². The number of methoxy groups -OCH3 is 1. The number of aromatic amines is 1. The van der Waals surface area contributed by atoms with Crippen LogP contribution in [0.3, 0.4) is 0 Å². The van der Waals surface area contributed by atoms with E-state index < -0.39 is 12.0 Å². The minimum atomic E-state index is -0.512. The molecule has 4 N–H and O–H groups in total. The molecule has 28 heavy (non-hydrogen) atoms. The molecule has 0 fully saturated rings. The summed E-state index contributed by atoms with van der Waals surface area (Å²) < 4.78 is 10.1. The maximum atomic E-state index is 12.3. The van der Waals surface area contributed by atoms with Gasteiger partial charge in [-0.05, 0) is 29.3 Å². The highest BCUT2D eigenvalue weighted by Crippen LogP contribution is 2.40. The molecule has 0 amide bonds. The number of ether oxygens (including phenoxy) is 1. The molecule has 4 aromatic rings. The minimum absolute atomic E-state index is 0.297. The molecule has 7 heteroatoms. The molecule has 3 heterocycles. The predicted molar refractivity (Wildman–Crippen MR) is 102 cm³/mol. The Hall–Kier alpha value is -3.45. The first-order valence-electron chi connectivity index (χ1n) is 8.94. The van der Waals surface area contributed by atoms with Crippen LogP contribution in [0.15, 0.2) is 46.9 Å². The number of furan rings is 1. The first-order chi connectivity index (χ1) is 13.6. The van der Waals surface area contributed by atoms with Gasteiger partial charge in [0, 0.05) is 23.0 Å². The predicted octanol–water partition coefficient (Wildman–Crippen LogP) is 3.10. The summed E-state index contributed by atoms with van der Waals surface area (Å²) in [5.41, 5.74) is 4.23. The van der Waals surface area contributed by atoms with E-state index in [1.807, 2.05) is 30.3 Å². The fraction of sp³-hybridized carbons (Fsp3) is 0.190. The van der Waals surface area contributed by atoms with E-state index in [9.17, 15) is 15.0 Å². The molecule has 0 spiro atoms. The van der Waals surface area contributed by atoms with Gasteiger partial charge in [0.25, 0.3) is 0 Å². The molecule has 1 aliphatic rings. The van der Waals surface area contributed by atoms with E-state index in [0.29, 0.717) is 17.4 Å². The highest BCUT2D eigenvalue weighted by atomic mass is 16.5. The van der Waals surface area contributed by atoms with Crippen molar-refractivity contribution in [3.63, 3.8) is 0 Å². The summed E-state index contributed by atoms with van der Waals surface area (Å²) in [6, 6.07) is 12.4. The molecule has 2 aromatic carbocycles. The molecule has 7 nitrogen and oxygen atoms in total. The topological polar surface area (TPSA) is 108 Å². The Balaban J connectivity index is 1.70. The molecule has 5 rings (SSSR count). The van der Waals surface area contributed by atoms with Crippen LogP contribution in [0, 0.1) is 0 Å². The zero-order chi connectivity index (χ0) is 19.4. The lowest BCUT2D eigenvalue weighted by Gasteiger charge is -2.30. The zero-order valence-corrected chi connectivity index (χ0v) is 15.0. The van der Waals surface area contributed by atoms with E-state index >= 15 is 0 Å². The molecule has 0 aliphatic carbocycles. The average Bonchev–Trinajstić information content (AvgIpc) is 3.23. The molecule has 0 saturated carbocycles. The molecule has 0 radical (unpaired) electrons. The van der Waals surface area contributed by atoms with Crippen molar-refractivity contribution in [3.8, 4) is 11.7 Å². The van der Waals surface area contributed by atoms with Crippen LogP contribution in [0.1, 0.15) is 22.9 Å². The summed E-state index contributed by atoms with van der Waals surface area (Å²) in [4.78, 5) is 15.8. The van der Waals surface area contributed by atoms with Crippen LogP contribution in [-0.4, -0.2) is 34.3 Å². The summed E-state index contributed by atoms with van der Waals surface area (Å²) in [7, 11) is 1.38. The van der Waals surface area contributed by atoms with Gasteiger partial charge in [0.2, 0.25) is 5.75 Å². The molecule has 2 atom stereocenters. The number of aromatic nitrogens is 1. The first-order valence-corrected chi connectivity index (χ1v) is 8.94. The summed E-state index contributed by atoms with van der Waals surface area (Å²) in [5, 5.41) is 24.5. The van der Waals surface area contributed by atoms with E-state index in [1.54, 1.807) is 12.1 Å². The molecule has 0 saturated heterocycles. The second kappa shape index (κ2) is 6.03. The van der Waals surface area contributed by atoms with Crippen molar-refractivity contribution in [3.05, 3.63) is 59.3 Å². The Labute approximate surface area is 159 Å². The lowest BCUT2D eigenvalue weighted by Crippen LogP contribution is -2.45. The number of esters is 1. The van der Waals surface area contributed by atoms with E-state index in [0.717, 1.165) is 27.7 Å². The number of carbonyl (C=O) groups excluding carboxylic acids is 1. The van der Waals surface area contributed by atoms with Crippen LogP contribution in [0.2, 0.25) is 0 Å². The van der Waals surface area contributed by atoms with E-state index in [-0.39, 0.29) is 17.8 Å². The highest BCUT2D eigenvalue weighted by Gasteiger charge is 2.34. The van der Waals surface area contributed by atoms with Gasteiger partial charge in [0.15, 0.2) is 0 Å². The Kier molecular flexibility index (Phi) is 3.60. The van der Waals surface area contributed by atoms with Gasteiger partial charge in [-0.2, -0.15) is 0 Å². The maximum Gasteiger partial charge on any atom is 0.327 e.